The van der Waals surface area contributed by atoms with E-state index < -0.39 is 6.09 Å². The van der Waals surface area contributed by atoms with Crippen LogP contribution in [0.2, 0.25) is 0 Å². The van der Waals surface area contributed by atoms with Crippen LogP contribution in [0.4, 0.5) is 4.79 Å². The van der Waals surface area contributed by atoms with Crippen LogP contribution in [0.5, 0.6) is 5.75 Å². The summed E-state index contributed by atoms with van der Waals surface area (Å²) in [5, 5.41) is 9.32. The minimum absolute atomic E-state index is 0.159. The van der Waals surface area contributed by atoms with E-state index in [4.69, 9.17) is 4.74 Å². The third-order valence-electron chi connectivity index (χ3n) is 3.10. The lowest BCUT2D eigenvalue weighted by molar-refractivity contribution is 0.107. The van der Waals surface area contributed by atoms with Crippen molar-refractivity contribution in [3.05, 3.63) is 28.2 Å². The second-order valence-corrected chi connectivity index (χ2v) is 5.61. The maximum absolute atomic E-state index is 11.4. The first-order valence-electron chi connectivity index (χ1n) is 5.92. The SMILES string of the molecule is CC(C)C1c2ccc(Br)cc2OCCN1C(=O)O. The summed E-state index contributed by atoms with van der Waals surface area (Å²) >= 11 is 3.41. The molecule has 0 aliphatic carbocycles. The number of ether oxygens (including phenoxy) is 1. The number of fused-ring (bicyclic) bond motifs is 1. The number of carbonyl (C=O) groups is 1. The number of nitrogens with zero attached hydrogens (tertiary/aromatic N) is 1. The third-order valence-corrected chi connectivity index (χ3v) is 3.59. The third kappa shape index (κ3) is 2.46. The van der Waals surface area contributed by atoms with Gasteiger partial charge in [0.15, 0.2) is 0 Å². The Balaban J connectivity index is 2.49. The first-order valence-corrected chi connectivity index (χ1v) is 6.72. The summed E-state index contributed by atoms with van der Waals surface area (Å²) in [5.41, 5.74) is 0.938. The molecule has 0 aromatic heterocycles. The fourth-order valence-electron chi connectivity index (χ4n) is 2.37. The Morgan fingerprint density at radius 2 is 2.28 bits per heavy atom. The molecule has 0 bridgehead atoms. The molecule has 0 radical (unpaired) electrons. The lowest BCUT2D eigenvalue weighted by atomic mass is 9.94. The van der Waals surface area contributed by atoms with Crippen LogP contribution in [0.3, 0.4) is 0 Å². The Morgan fingerprint density at radius 1 is 1.56 bits per heavy atom. The minimum Gasteiger partial charge on any atom is -0.491 e. The number of hydrogen-bond acceptors (Lipinski definition) is 2. The average Bonchev–Trinajstić information content (AvgIpc) is 2.47. The molecule has 1 aliphatic rings. The average molecular weight is 314 g/mol. The Kier molecular flexibility index (Phi) is 3.80. The summed E-state index contributed by atoms with van der Waals surface area (Å²) in [5.74, 6) is 0.967. The van der Waals surface area contributed by atoms with Gasteiger partial charge in [0.1, 0.15) is 12.4 Å². The molecule has 0 spiro atoms. The zero-order chi connectivity index (χ0) is 13.3. The van der Waals surface area contributed by atoms with Crippen LogP contribution < -0.4 is 4.74 Å². The van der Waals surface area contributed by atoms with Crippen LogP contribution >= 0.6 is 15.9 Å². The molecule has 4 nitrogen and oxygen atoms in total. The van der Waals surface area contributed by atoms with E-state index >= 15 is 0 Å². The zero-order valence-corrected chi connectivity index (χ0v) is 12.0. The lowest BCUT2D eigenvalue weighted by Gasteiger charge is -2.30. The van der Waals surface area contributed by atoms with Gasteiger partial charge in [-0.2, -0.15) is 0 Å². The summed E-state index contributed by atoms with van der Waals surface area (Å²) in [7, 11) is 0. The van der Waals surface area contributed by atoms with Gasteiger partial charge in [0.2, 0.25) is 0 Å². The highest BCUT2D eigenvalue weighted by atomic mass is 79.9. The van der Waals surface area contributed by atoms with Crippen molar-refractivity contribution in [2.24, 2.45) is 5.92 Å². The van der Waals surface area contributed by atoms with Crippen molar-refractivity contribution in [1.82, 2.24) is 4.90 Å². The van der Waals surface area contributed by atoms with Gasteiger partial charge in [0.05, 0.1) is 12.6 Å². The normalized spacial score (nSPS) is 19.1. The van der Waals surface area contributed by atoms with Crippen LogP contribution in [0.1, 0.15) is 25.5 Å². The van der Waals surface area contributed by atoms with E-state index in [2.05, 4.69) is 15.9 Å². The zero-order valence-electron chi connectivity index (χ0n) is 10.4. The lowest BCUT2D eigenvalue weighted by Crippen LogP contribution is -2.37. The molecule has 2 rings (SSSR count). The molecule has 1 aromatic rings. The van der Waals surface area contributed by atoms with Crippen molar-refractivity contribution < 1.29 is 14.6 Å². The summed E-state index contributed by atoms with van der Waals surface area (Å²) < 4.78 is 6.59. The summed E-state index contributed by atoms with van der Waals surface area (Å²) in [4.78, 5) is 12.8. The van der Waals surface area contributed by atoms with Gasteiger partial charge in [0, 0.05) is 10.0 Å². The molecule has 1 heterocycles. The standard InChI is InChI=1S/C13H16BrNO3/c1-8(2)12-10-4-3-9(14)7-11(10)18-6-5-15(12)13(16)17/h3-4,7-8,12H,5-6H2,1-2H3,(H,16,17). The van der Waals surface area contributed by atoms with Crippen LogP contribution in [0, 0.1) is 5.92 Å². The first-order chi connectivity index (χ1) is 8.50. The van der Waals surface area contributed by atoms with Gasteiger partial charge in [-0.05, 0) is 18.1 Å². The molecule has 1 aliphatic heterocycles. The van der Waals surface area contributed by atoms with Crippen LogP contribution in [0.25, 0.3) is 0 Å². The largest absolute Gasteiger partial charge is 0.491 e. The van der Waals surface area contributed by atoms with Gasteiger partial charge in [0.25, 0.3) is 0 Å². The number of carboxylic acid groups (broad SMARTS) is 1. The molecular weight excluding hydrogens is 298 g/mol. The van der Waals surface area contributed by atoms with E-state index in [9.17, 15) is 9.90 Å². The van der Waals surface area contributed by atoms with Gasteiger partial charge in [-0.1, -0.05) is 35.8 Å². The van der Waals surface area contributed by atoms with Crippen molar-refractivity contribution in [3.8, 4) is 5.75 Å². The second kappa shape index (κ2) is 5.18. The van der Waals surface area contributed by atoms with Crippen LogP contribution in [-0.4, -0.2) is 29.3 Å². The fourth-order valence-corrected chi connectivity index (χ4v) is 2.71. The first kappa shape index (κ1) is 13.2. The van der Waals surface area contributed by atoms with E-state index in [0.29, 0.717) is 13.2 Å². The van der Waals surface area contributed by atoms with E-state index in [1.165, 1.54) is 4.90 Å². The highest BCUT2D eigenvalue weighted by molar-refractivity contribution is 9.10. The summed E-state index contributed by atoms with van der Waals surface area (Å²) in [6.45, 7) is 4.83. The predicted molar refractivity (Wildman–Crippen MR) is 71.9 cm³/mol. The molecule has 1 atom stereocenters. The van der Waals surface area contributed by atoms with Crippen LogP contribution in [-0.2, 0) is 0 Å². The Bertz CT molecular complexity index is 462. The number of hydrogen-bond donors (Lipinski definition) is 1. The number of halogens is 1. The maximum atomic E-state index is 11.4. The van der Waals surface area contributed by atoms with Crippen LogP contribution in [0.15, 0.2) is 22.7 Å². The van der Waals surface area contributed by atoms with Gasteiger partial charge in [-0.15, -0.1) is 0 Å². The monoisotopic (exact) mass is 313 g/mol. The Hall–Kier alpha value is -1.23. The molecule has 98 valence electrons. The van der Waals surface area contributed by atoms with Crippen molar-refractivity contribution in [2.75, 3.05) is 13.2 Å². The molecule has 1 N–H and O–H groups in total. The molecule has 0 saturated carbocycles. The number of benzene rings is 1. The number of amides is 1. The molecule has 5 heteroatoms. The molecule has 0 fully saturated rings. The number of rotatable bonds is 1. The smallest absolute Gasteiger partial charge is 0.407 e. The van der Waals surface area contributed by atoms with E-state index in [-0.39, 0.29) is 12.0 Å². The predicted octanol–water partition coefficient (Wildman–Crippen LogP) is 3.52. The Labute approximate surface area is 115 Å². The van der Waals surface area contributed by atoms with E-state index in [1.807, 2.05) is 32.0 Å². The van der Waals surface area contributed by atoms with E-state index in [0.717, 1.165) is 15.8 Å². The van der Waals surface area contributed by atoms with Crippen molar-refractivity contribution in [3.63, 3.8) is 0 Å². The van der Waals surface area contributed by atoms with E-state index in [1.54, 1.807) is 0 Å². The highest BCUT2D eigenvalue weighted by Gasteiger charge is 2.32. The molecule has 1 unspecified atom stereocenters. The molecular formula is C13H16BrNO3. The van der Waals surface area contributed by atoms with Gasteiger partial charge in [-0.25, -0.2) is 4.79 Å². The van der Waals surface area contributed by atoms with Gasteiger partial charge in [-0.3, -0.25) is 4.90 Å². The van der Waals surface area contributed by atoms with Gasteiger partial charge < -0.3 is 9.84 Å². The fraction of sp³-hybridized carbons (Fsp3) is 0.462. The molecule has 0 saturated heterocycles. The molecule has 1 amide bonds. The van der Waals surface area contributed by atoms with Crippen molar-refractivity contribution in [2.45, 2.75) is 19.9 Å². The second-order valence-electron chi connectivity index (χ2n) is 4.70. The quantitative estimate of drug-likeness (QED) is 0.863. The topological polar surface area (TPSA) is 49.8 Å². The summed E-state index contributed by atoms with van der Waals surface area (Å²) in [6.07, 6.45) is -0.895. The maximum Gasteiger partial charge on any atom is 0.407 e. The van der Waals surface area contributed by atoms with Crippen molar-refractivity contribution in [1.29, 1.82) is 0 Å². The summed E-state index contributed by atoms with van der Waals surface area (Å²) in [6, 6.07) is 5.60. The van der Waals surface area contributed by atoms with Gasteiger partial charge >= 0.3 is 6.09 Å². The highest BCUT2D eigenvalue weighted by Crippen LogP contribution is 2.38. The molecule has 1 aromatic carbocycles. The molecule has 18 heavy (non-hydrogen) atoms. The Morgan fingerprint density at radius 3 is 2.89 bits per heavy atom. The minimum atomic E-state index is -0.895. The van der Waals surface area contributed by atoms with Crippen molar-refractivity contribution >= 4 is 22.0 Å².